The Balaban J connectivity index is 2.73. The van der Waals surface area contributed by atoms with Crippen molar-refractivity contribution in [2.45, 2.75) is 19.3 Å². The summed E-state index contributed by atoms with van der Waals surface area (Å²) >= 11 is 5.58. The number of rotatable bonds is 7. The van der Waals surface area contributed by atoms with Gasteiger partial charge in [-0.25, -0.2) is 9.79 Å². The van der Waals surface area contributed by atoms with E-state index in [2.05, 4.69) is 9.73 Å². The Morgan fingerprint density at radius 2 is 2.00 bits per heavy atom. The van der Waals surface area contributed by atoms with Crippen molar-refractivity contribution in [3.05, 3.63) is 36.4 Å². The van der Waals surface area contributed by atoms with E-state index in [-0.39, 0.29) is 12.3 Å². The smallest absolute Gasteiger partial charge is 0.330 e. The molecule has 120 valence electrons. The molecule has 0 saturated heterocycles. The molecule has 1 aromatic carbocycles. The number of nitrogens with zero attached hydrogens (tertiary/aromatic N) is 1. The molecule has 0 atom stereocenters. The molecule has 0 aliphatic heterocycles. The Morgan fingerprint density at radius 3 is 2.55 bits per heavy atom. The average Bonchev–Trinajstić information content (AvgIpc) is 2.48. The van der Waals surface area contributed by atoms with Gasteiger partial charge >= 0.3 is 11.9 Å². The zero-order chi connectivity index (χ0) is 16.6. The number of hydrogen-bond acceptors (Lipinski definition) is 4. The van der Waals surface area contributed by atoms with Crippen LogP contribution in [0.3, 0.4) is 0 Å². The SMILES string of the molecule is CCOC(=O)/C=C/CC(F)(F)C(Cl)=Nc1ccc(OC)cc1. The van der Waals surface area contributed by atoms with Crippen molar-refractivity contribution in [1.82, 2.24) is 0 Å². The minimum atomic E-state index is -3.37. The molecule has 22 heavy (non-hydrogen) atoms. The third-order valence-corrected chi connectivity index (χ3v) is 2.88. The van der Waals surface area contributed by atoms with Gasteiger partial charge in [-0.2, -0.15) is 8.78 Å². The molecule has 0 fully saturated rings. The molecule has 0 unspecified atom stereocenters. The van der Waals surface area contributed by atoms with Gasteiger partial charge in [-0.3, -0.25) is 0 Å². The summed E-state index contributed by atoms with van der Waals surface area (Å²) in [5.74, 6) is -3.47. The van der Waals surface area contributed by atoms with E-state index in [1.165, 1.54) is 19.2 Å². The lowest BCUT2D eigenvalue weighted by atomic mass is 10.2. The number of ether oxygens (including phenoxy) is 2. The number of halogens is 3. The van der Waals surface area contributed by atoms with E-state index in [0.29, 0.717) is 5.75 Å². The number of carbonyl (C=O) groups excluding carboxylic acids is 1. The number of aliphatic imine (C=N–C) groups is 1. The summed E-state index contributed by atoms with van der Waals surface area (Å²) in [6, 6.07) is 6.18. The van der Waals surface area contributed by atoms with Crippen LogP contribution in [0.2, 0.25) is 0 Å². The summed E-state index contributed by atoms with van der Waals surface area (Å²) in [6.45, 7) is 1.80. The van der Waals surface area contributed by atoms with E-state index in [1.54, 1.807) is 19.1 Å². The molecular weight excluding hydrogens is 316 g/mol. The Labute approximate surface area is 132 Å². The van der Waals surface area contributed by atoms with E-state index in [4.69, 9.17) is 16.3 Å². The maximum Gasteiger partial charge on any atom is 0.330 e. The van der Waals surface area contributed by atoms with Gasteiger partial charge in [-0.15, -0.1) is 0 Å². The molecule has 4 nitrogen and oxygen atoms in total. The van der Waals surface area contributed by atoms with Crippen molar-refractivity contribution in [1.29, 1.82) is 0 Å². The molecule has 0 N–H and O–H groups in total. The summed E-state index contributed by atoms with van der Waals surface area (Å²) in [7, 11) is 1.50. The molecule has 0 aliphatic carbocycles. The highest BCUT2D eigenvalue weighted by Crippen LogP contribution is 2.27. The number of methoxy groups -OCH3 is 1. The van der Waals surface area contributed by atoms with Crippen molar-refractivity contribution < 1.29 is 23.0 Å². The molecule has 0 aromatic heterocycles. The Bertz CT molecular complexity index is 556. The maximum atomic E-state index is 13.8. The number of alkyl halides is 2. The molecule has 1 aromatic rings. The first kappa shape index (κ1) is 18.1. The summed E-state index contributed by atoms with van der Waals surface area (Å²) in [5, 5.41) is -0.855. The fourth-order valence-electron chi connectivity index (χ4n) is 1.43. The van der Waals surface area contributed by atoms with Crippen molar-refractivity contribution in [2.75, 3.05) is 13.7 Å². The first-order valence-electron chi connectivity index (χ1n) is 6.49. The monoisotopic (exact) mass is 331 g/mol. The molecule has 7 heteroatoms. The first-order valence-corrected chi connectivity index (χ1v) is 6.86. The minimum Gasteiger partial charge on any atom is -0.497 e. The number of esters is 1. The first-order chi connectivity index (χ1) is 10.4. The summed E-state index contributed by atoms with van der Waals surface area (Å²) in [5.41, 5.74) is 0.278. The lowest BCUT2D eigenvalue weighted by Crippen LogP contribution is -2.23. The lowest BCUT2D eigenvalue weighted by molar-refractivity contribution is -0.137. The summed E-state index contributed by atoms with van der Waals surface area (Å²) in [6.07, 6.45) is 1.20. The van der Waals surface area contributed by atoms with E-state index in [0.717, 1.165) is 12.2 Å². The largest absolute Gasteiger partial charge is 0.497 e. The Hall–Kier alpha value is -1.95. The zero-order valence-corrected chi connectivity index (χ0v) is 12.9. The van der Waals surface area contributed by atoms with Crippen LogP contribution in [0.5, 0.6) is 5.75 Å². The van der Waals surface area contributed by atoms with Gasteiger partial charge in [-0.1, -0.05) is 17.7 Å². The predicted molar refractivity (Wildman–Crippen MR) is 81.3 cm³/mol. The second-order valence-electron chi connectivity index (χ2n) is 4.16. The fraction of sp³-hybridized carbons (Fsp3) is 0.333. The third kappa shape index (κ3) is 5.81. The highest BCUT2D eigenvalue weighted by Gasteiger charge is 2.33. The molecule has 0 aliphatic rings. The highest BCUT2D eigenvalue weighted by atomic mass is 35.5. The van der Waals surface area contributed by atoms with Crippen LogP contribution in [-0.4, -0.2) is 30.8 Å². The molecule has 0 radical (unpaired) electrons. The minimum absolute atomic E-state index is 0.180. The lowest BCUT2D eigenvalue weighted by Gasteiger charge is -2.12. The summed E-state index contributed by atoms with van der Waals surface area (Å²) < 4.78 is 37.1. The van der Waals surface area contributed by atoms with Crippen LogP contribution in [0.15, 0.2) is 41.4 Å². The molecule has 0 bridgehead atoms. The molecule has 0 spiro atoms. The third-order valence-electron chi connectivity index (χ3n) is 2.52. The normalized spacial score (nSPS) is 12.5. The second-order valence-corrected chi connectivity index (χ2v) is 4.52. The van der Waals surface area contributed by atoms with E-state index in [1.807, 2.05) is 0 Å². The van der Waals surface area contributed by atoms with Crippen molar-refractivity contribution in [2.24, 2.45) is 4.99 Å². The Kier molecular flexibility index (Phi) is 6.98. The van der Waals surface area contributed by atoms with Crippen LogP contribution in [0, 0.1) is 0 Å². The fourth-order valence-corrected chi connectivity index (χ4v) is 1.60. The van der Waals surface area contributed by atoms with Crippen LogP contribution in [0.1, 0.15) is 13.3 Å². The number of carbonyl (C=O) groups is 1. The molecular formula is C15H16ClF2NO3. The standard InChI is InChI=1S/C15H16ClF2NO3/c1-3-22-13(20)5-4-10-15(17,18)14(16)19-11-6-8-12(21-2)9-7-11/h4-9H,3,10H2,1-2H3/b5-4+,19-14?. The zero-order valence-electron chi connectivity index (χ0n) is 12.2. The van der Waals surface area contributed by atoms with Gasteiger partial charge in [0, 0.05) is 12.5 Å². The van der Waals surface area contributed by atoms with Crippen LogP contribution in [0.25, 0.3) is 0 Å². The topological polar surface area (TPSA) is 47.9 Å². The van der Waals surface area contributed by atoms with Crippen molar-refractivity contribution in [3.63, 3.8) is 0 Å². The van der Waals surface area contributed by atoms with Gasteiger partial charge in [0.05, 0.1) is 19.4 Å². The van der Waals surface area contributed by atoms with Crippen LogP contribution < -0.4 is 4.74 Å². The van der Waals surface area contributed by atoms with Crippen molar-refractivity contribution in [3.8, 4) is 5.75 Å². The quantitative estimate of drug-likeness (QED) is 0.429. The van der Waals surface area contributed by atoms with Gasteiger partial charge < -0.3 is 9.47 Å². The predicted octanol–water partition coefficient (Wildman–Crippen LogP) is 4.11. The van der Waals surface area contributed by atoms with Gasteiger partial charge in [0.15, 0.2) is 5.17 Å². The summed E-state index contributed by atoms with van der Waals surface area (Å²) in [4.78, 5) is 14.7. The van der Waals surface area contributed by atoms with Gasteiger partial charge in [0.25, 0.3) is 0 Å². The van der Waals surface area contributed by atoms with Gasteiger partial charge in [-0.05, 0) is 31.2 Å². The number of benzene rings is 1. The van der Waals surface area contributed by atoms with E-state index < -0.39 is 23.5 Å². The molecule has 0 amide bonds. The maximum absolute atomic E-state index is 13.8. The number of allylic oxidation sites excluding steroid dienone is 1. The van der Waals surface area contributed by atoms with Crippen LogP contribution in [-0.2, 0) is 9.53 Å². The Morgan fingerprint density at radius 1 is 1.36 bits per heavy atom. The highest BCUT2D eigenvalue weighted by molar-refractivity contribution is 6.67. The molecule has 0 saturated carbocycles. The molecule has 0 heterocycles. The second kappa shape index (κ2) is 8.48. The molecule has 1 rings (SSSR count). The van der Waals surface area contributed by atoms with Crippen LogP contribution >= 0.6 is 11.6 Å². The van der Waals surface area contributed by atoms with Crippen molar-refractivity contribution >= 4 is 28.4 Å². The van der Waals surface area contributed by atoms with Gasteiger partial charge in [0.2, 0.25) is 0 Å². The number of hydrogen-bond donors (Lipinski definition) is 0. The van der Waals surface area contributed by atoms with Gasteiger partial charge in [0.1, 0.15) is 5.75 Å². The average molecular weight is 332 g/mol. The van der Waals surface area contributed by atoms with E-state index in [9.17, 15) is 13.6 Å². The van der Waals surface area contributed by atoms with E-state index >= 15 is 0 Å². The van der Waals surface area contributed by atoms with Crippen LogP contribution in [0.4, 0.5) is 14.5 Å².